The molecule has 3 rings (SSSR count). The summed E-state index contributed by atoms with van der Waals surface area (Å²) in [5.74, 6) is 0.279. The minimum Gasteiger partial charge on any atom is -0.387 e. The topological polar surface area (TPSA) is 86.9 Å². The smallest absolute Gasteiger partial charge is 0.269 e. The van der Waals surface area contributed by atoms with Crippen LogP contribution in [0.5, 0.6) is 0 Å². The molecule has 2 fully saturated rings. The molecule has 1 aromatic carbocycles. The second kappa shape index (κ2) is 7.93. The first-order valence-electron chi connectivity index (χ1n) is 8.99. The van der Waals surface area contributed by atoms with Gasteiger partial charge < -0.3 is 14.9 Å². The van der Waals surface area contributed by atoms with Gasteiger partial charge in [-0.2, -0.15) is 0 Å². The number of carbonyl (C=O) groups excluding carboxylic acids is 1. The lowest BCUT2D eigenvalue weighted by Crippen LogP contribution is -2.49. The van der Waals surface area contributed by atoms with Crippen molar-refractivity contribution in [3.05, 3.63) is 39.9 Å². The number of β-amino-alcohol motifs (C(OH)–C–C–N with tert-alkyl or cyclic N) is 1. The molecule has 2 aliphatic rings. The van der Waals surface area contributed by atoms with Crippen molar-refractivity contribution in [2.45, 2.75) is 44.2 Å². The maximum Gasteiger partial charge on any atom is 0.269 e. The predicted molar refractivity (Wildman–Crippen MR) is 93.1 cm³/mol. The Morgan fingerprint density at radius 2 is 2.00 bits per heavy atom. The number of rotatable bonds is 5. The number of aliphatic hydroxyl groups is 1. The zero-order chi connectivity index (χ0) is 17.8. The number of benzene rings is 1. The first-order valence-corrected chi connectivity index (χ1v) is 8.99. The van der Waals surface area contributed by atoms with Gasteiger partial charge in [0, 0.05) is 50.8 Å². The lowest BCUT2D eigenvalue weighted by Gasteiger charge is -2.40. The molecule has 7 nitrogen and oxygen atoms in total. The van der Waals surface area contributed by atoms with E-state index in [4.69, 9.17) is 0 Å². The molecule has 0 radical (unpaired) electrons. The van der Waals surface area contributed by atoms with Crippen LogP contribution >= 0.6 is 0 Å². The minimum absolute atomic E-state index is 0.00105. The minimum atomic E-state index is -0.743. The van der Waals surface area contributed by atoms with Gasteiger partial charge in [-0.1, -0.05) is 12.1 Å². The Morgan fingerprint density at radius 3 is 2.68 bits per heavy atom. The molecule has 0 aliphatic carbocycles. The molecule has 1 atom stereocenters. The lowest BCUT2D eigenvalue weighted by molar-refractivity contribution is -0.385. The van der Waals surface area contributed by atoms with Gasteiger partial charge in [-0.3, -0.25) is 14.9 Å². The molecule has 1 N–H and O–H groups in total. The number of likely N-dealkylation sites (tertiary alicyclic amines) is 2. The Balaban J connectivity index is 1.52. The number of nitrogens with zero attached hydrogens (tertiary/aromatic N) is 3. The Bertz CT molecular complexity index is 629. The Labute approximate surface area is 147 Å². The summed E-state index contributed by atoms with van der Waals surface area (Å²) < 4.78 is 0. The second-order valence-corrected chi connectivity index (χ2v) is 6.94. The highest BCUT2D eigenvalue weighted by Crippen LogP contribution is 2.24. The Hall–Kier alpha value is -1.99. The normalized spacial score (nSPS) is 21.3. The third-order valence-corrected chi connectivity index (χ3v) is 5.25. The van der Waals surface area contributed by atoms with Gasteiger partial charge in [0.25, 0.3) is 5.69 Å². The van der Waals surface area contributed by atoms with Gasteiger partial charge in [-0.05, 0) is 31.2 Å². The van der Waals surface area contributed by atoms with Crippen molar-refractivity contribution in [2.75, 3.05) is 26.2 Å². The molecule has 2 aliphatic heterocycles. The van der Waals surface area contributed by atoms with Crippen LogP contribution in [0.15, 0.2) is 24.3 Å². The highest BCUT2D eigenvalue weighted by Gasteiger charge is 2.30. The van der Waals surface area contributed by atoms with Gasteiger partial charge in [-0.25, -0.2) is 0 Å². The van der Waals surface area contributed by atoms with E-state index in [9.17, 15) is 20.0 Å². The molecule has 2 saturated heterocycles. The van der Waals surface area contributed by atoms with Crippen LogP contribution < -0.4 is 0 Å². The molecule has 0 saturated carbocycles. The summed E-state index contributed by atoms with van der Waals surface area (Å²) in [6, 6.07) is 6.50. The van der Waals surface area contributed by atoms with Crippen molar-refractivity contribution in [3.8, 4) is 0 Å². The van der Waals surface area contributed by atoms with E-state index in [1.807, 2.05) is 4.90 Å². The maximum atomic E-state index is 12.0. The average Bonchev–Trinajstić information content (AvgIpc) is 2.63. The maximum absolute atomic E-state index is 12.0. The largest absolute Gasteiger partial charge is 0.387 e. The number of hydrogen-bond donors (Lipinski definition) is 1. The molecular weight excluding hydrogens is 322 g/mol. The van der Waals surface area contributed by atoms with E-state index in [-0.39, 0.29) is 11.6 Å². The van der Waals surface area contributed by atoms with E-state index in [1.165, 1.54) is 12.1 Å². The van der Waals surface area contributed by atoms with Crippen LogP contribution in [0.25, 0.3) is 0 Å². The molecule has 0 aromatic heterocycles. The zero-order valence-corrected chi connectivity index (χ0v) is 14.3. The molecule has 1 unspecified atom stereocenters. The fraction of sp³-hybridized carbons (Fsp3) is 0.611. The Morgan fingerprint density at radius 1 is 1.24 bits per heavy atom. The van der Waals surface area contributed by atoms with E-state index < -0.39 is 11.0 Å². The number of nitro groups is 1. The van der Waals surface area contributed by atoms with Crippen LogP contribution in [-0.4, -0.2) is 58.0 Å². The van der Waals surface area contributed by atoms with E-state index in [2.05, 4.69) is 4.90 Å². The second-order valence-electron chi connectivity index (χ2n) is 6.94. The van der Waals surface area contributed by atoms with E-state index in [1.54, 1.807) is 12.1 Å². The van der Waals surface area contributed by atoms with Gasteiger partial charge in [0.05, 0.1) is 11.0 Å². The van der Waals surface area contributed by atoms with Crippen LogP contribution in [0.2, 0.25) is 0 Å². The summed E-state index contributed by atoms with van der Waals surface area (Å²) in [5, 5.41) is 21.3. The first-order chi connectivity index (χ1) is 12.0. The molecular formula is C18H25N3O4. The summed E-state index contributed by atoms with van der Waals surface area (Å²) in [6.45, 7) is 3.00. The number of amides is 1. The molecule has 136 valence electrons. The summed E-state index contributed by atoms with van der Waals surface area (Å²) >= 11 is 0. The SMILES string of the molecule is O=C1CCCCN1C1CCN(CC(O)c2cccc([N+](=O)[O-])c2)CC1. The van der Waals surface area contributed by atoms with Gasteiger partial charge in [0.15, 0.2) is 0 Å². The molecule has 25 heavy (non-hydrogen) atoms. The van der Waals surface area contributed by atoms with Gasteiger partial charge in [-0.15, -0.1) is 0 Å². The lowest BCUT2D eigenvalue weighted by atomic mass is 9.98. The van der Waals surface area contributed by atoms with Crippen molar-refractivity contribution in [1.29, 1.82) is 0 Å². The molecule has 1 aromatic rings. The van der Waals surface area contributed by atoms with E-state index in [0.29, 0.717) is 24.6 Å². The fourth-order valence-electron chi connectivity index (χ4n) is 3.82. The van der Waals surface area contributed by atoms with Gasteiger partial charge >= 0.3 is 0 Å². The van der Waals surface area contributed by atoms with Crippen LogP contribution in [0.4, 0.5) is 5.69 Å². The summed E-state index contributed by atoms with van der Waals surface area (Å²) in [4.78, 5) is 26.7. The highest BCUT2D eigenvalue weighted by molar-refractivity contribution is 5.77. The number of piperidine rings is 2. The van der Waals surface area contributed by atoms with Crippen molar-refractivity contribution in [2.24, 2.45) is 0 Å². The van der Waals surface area contributed by atoms with Crippen molar-refractivity contribution in [3.63, 3.8) is 0 Å². The highest BCUT2D eigenvalue weighted by atomic mass is 16.6. The average molecular weight is 347 g/mol. The third-order valence-electron chi connectivity index (χ3n) is 5.25. The van der Waals surface area contributed by atoms with Crippen LogP contribution in [0.3, 0.4) is 0 Å². The van der Waals surface area contributed by atoms with Crippen LogP contribution in [0.1, 0.15) is 43.8 Å². The van der Waals surface area contributed by atoms with E-state index >= 15 is 0 Å². The zero-order valence-electron chi connectivity index (χ0n) is 14.3. The van der Waals surface area contributed by atoms with Crippen LogP contribution in [-0.2, 0) is 4.79 Å². The van der Waals surface area contributed by atoms with Gasteiger partial charge in [0.1, 0.15) is 0 Å². The number of aliphatic hydroxyl groups excluding tert-OH is 1. The van der Waals surface area contributed by atoms with Crippen LogP contribution in [0, 0.1) is 10.1 Å². The van der Waals surface area contributed by atoms with Crippen molar-refractivity contribution >= 4 is 11.6 Å². The molecule has 0 bridgehead atoms. The molecule has 2 heterocycles. The Kier molecular flexibility index (Phi) is 5.65. The monoisotopic (exact) mass is 347 g/mol. The number of non-ortho nitro benzene ring substituents is 1. The first kappa shape index (κ1) is 17.8. The quantitative estimate of drug-likeness (QED) is 0.651. The predicted octanol–water partition coefficient (Wildman–Crippen LogP) is 2.11. The number of nitro benzene ring substituents is 1. The molecule has 1 amide bonds. The summed E-state index contributed by atoms with van der Waals surface area (Å²) in [5.41, 5.74) is 0.571. The number of carbonyl (C=O) groups is 1. The third kappa shape index (κ3) is 4.35. The fourth-order valence-corrected chi connectivity index (χ4v) is 3.82. The van der Waals surface area contributed by atoms with Crippen molar-refractivity contribution < 1.29 is 14.8 Å². The van der Waals surface area contributed by atoms with Crippen molar-refractivity contribution in [1.82, 2.24) is 9.80 Å². The number of hydrogen-bond acceptors (Lipinski definition) is 5. The summed E-state index contributed by atoms with van der Waals surface area (Å²) in [6.07, 6.45) is 3.88. The van der Waals surface area contributed by atoms with E-state index in [0.717, 1.165) is 45.3 Å². The molecule has 0 spiro atoms. The molecule has 7 heteroatoms. The van der Waals surface area contributed by atoms with Gasteiger partial charge in [0.2, 0.25) is 5.91 Å². The standard InChI is InChI=1S/C18H25N3O4/c22-17(14-4-3-5-16(12-14)21(24)25)13-19-10-7-15(8-11-19)20-9-2-1-6-18(20)23/h3-5,12,15,17,22H,1-2,6-11,13H2. The summed E-state index contributed by atoms with van der Waals surface area (Å²) in [7, 11) is 0.